The highest BCUT2D eigenvalue weighted by molar-refractivity contribution is 5.92. The fourth-order valence-electron chi connectivity index (χ4n) is 2.60. The zero-order chi connectivity index (χ0) is 18.6. The molecule has 1 aliphatic rings. The van der Waals surface area contributed by atoms with Crippen molar-refractivity contribution < 1.29 is 22.7 Å². The Morgan fingerprint density at radius 2 is 2.00 bits per heavy atom. The predicted octanol–water partition coefficient (Wildman–Crippen LogP) is 3.15. The molecule has 1 saturated heterocycles. The van der Waals surface area contributed by atoms with Gasteiger partial charge in [-0.05, 0) is 37.1 Å². The lowest BCUT2D eigenvalue weighted by Crippen LogP contribution is -2.32. The third-order valence-corrected chi connectivity index (χ3v) is 3.91. The first-order valence-corrected chi connectivity index (χ1v) is 8.10. The first kappa shape index (κ1) is 18.1. The molecule has 1 aromatic heterocycles. The molecule has 0 radical (unpaired) electrons. The summed E-state index contributed by atoms with van der Waals surface area (Å²) in [7, 11) is 0. The molecule has 138 valence electrons. The van der Waals surface area contributed by atoms with Crippen molar-refractivity contribution >= 4 is 17.4 Å². The van der Waals surface area contributed by atoms with Gasteiger partial charge in [-0.2, -0.15) is 13.2 Å². The number of amides is 1. The van der Waals surface area contributed by atoms with Crippen LogP contribution in [0.4, 0.5) is 24.7 Å². The molecule has 0 saturated carbocycles. The Kier molecular flexibility index (Phi) is 5.36. The lowest BCUT2D eigenvalue weighted by Gasteiger charge is -2.13. The number of ether oxygens (including phenoxy) is 1. The van der Waals surface area contributed by atoms with Crippen molar-refractivity contribution in [1.82, 2.24) is 15.5 Å². The van der Waals surface area contributed by atoms with Gasteiger partial charge in [-0.25, -0.2) is 0 Å². The first-order chi connectivity index (χ1) is 12.4. The lowest BCUT2D eigenvalue weighted by molar-refractivity contribution is -0.136. The Morgan fingerprint density at radius 1 is 1.19 bits per heavy atom. The number of carbonyl (C=O) groups excluding carboxylic acids is 1. The van der Waals surface area contributed by atoms with E-state index >= 15 is 0 Å². The summed E-state index contributed by atoms with van der Waals surface area (Å²) in [5.74, 6) is -0.299. The van der Waals surface area contributed by atoms with Crippen LogP contribution in [0.5, 0.6) is 0 Å². The summed E-state index contributed by atoms with van der Waals surface area (Å²) in [6, 6.07) is 7.87. The molecule has 9 heteroatoms. The smallest absolute Gasteiger partial charge is 0.376 e. The third kappa shape index (κ3) is 4.48. The SMILES string of the molecule is O=C(NCC1CCCO1)c1ccc(Nc2ccccc2C(F)(F)F)nn1. The summed E-state index contributed by atoms with van der Waals surface area (Å²) in [5.41, 5.74) is -0.859. The summed E-state index contributed by atoms with van der Waals surface area (Å²) in [5, 5.41) is 12.8. The molecular formula is C17H17F3N4O2. The van der Waals surface area contributed by atoms with Crippen LogP contribution in [0.15, 0.2) is 36.4 Å². The second-order valence-electron chi connectivity index (χ2n) is 5.82. The average molecular weight is 366 g/mol. The van der Waals surface area contributed by atoms with E-state index in [1.807, 2.05) is 0 Å². The van der Waals surface area contributed by atoms with Crippen LogP contribution in [-0.2, 0) is 10.9 Å². The Hall–Kier alpha value is -2.68. The van der Waals surface area contributed by atoms with Gasteiger partial charge in [0.25, 0.3) is 5.91 Å². The molecule has 26 heavy (non-hydrogen) atoms. The second kappa shape index (κ2) is 7.69. The normalized spacial score (nSPS) is 17.1. The van der Waals surface area contributed by atoms with E-state index in [0.29, 0.717) is 13.2 Å². The largest absolute Gasteiger partial charge is 0.418 e. The maximum atomic E-state index is 13.0. The molecule has 0 bridgehead atoms. The van der Waals surface area contributed by atoms with Gasteiger partial charge in [0.15, 0.2) is 11.5 Å². The van der Waals surface area contributed by atoms with Crippen molar-refractivity contribution in [2.75, 3.05) is 18.5 Å². The molecule has 1 aromatic carbocycles. The van der Waals surface area contributed by atoms with E-state index < -0.39 is 17.6 Å². The fraction of sp³-hybridized carbons (Fsp3) is 0.353. The van der Waals surface area contributed by atoms with Gasteiger partial charge in [0.05, 0.1) is 17.4 Å². The second-order valence-corrected chi connectivity index (χ2v) is 5.82. The molecular weight excluding hydrogens is 349 g/mol. The third-order valence-electron chi connectivity index (χ3n) is 3.91. The number of para-hydroxylation sites is 1. The minimum Gasteiger partial charge on any atom is -0.376 e. The van der Waals surface area contributed by atoms with Crippen molar-refractivity contribution in [2.45, 2.75) is 25.1 Å². The van der Waals surface area contributed by atoms with E-state index in [4.69, 9.17) is 4.74 Å². The van der Waals surface area contributed by atoms with Crippen molar-refractivity contribution in [3.8, 4) is 0 Å². The number of hydrogen-bond acceptors (Lipinski definition) is 5. The van der Waals surface area contributed by atoms with E-state index in [1.54, 1.807) is 0 Å². The van der Waals surface area contributed by atoms with Crippen LogP contribution in [-0.4, -0.2) is 35.4 Å². The van der Waals surface area contributed by atoms with Crippen molar-refractivity contribution in [3.63, 3.8) is 0 Å². The van der Waals surface area contributed by atoms with Crippen LogP contribution in [0.1, 0.15) is 28.9 Å². The van der Waals surface area contributed by atoms with E-state index in [2.05, 4.69) is 20.8 Å². The number of halogens is 3. The molecule has 6 nitrogen and oxygen atoms in total. The Morgan fingerprint density at radius 3 is 2.65 bits per heavy atom. The number of benzene rings is 1. The molecule has 0 aliphatic carbocycles. The summed E-state index contributed by atoms with van der Waals surface area (Å²) in [4.78, 5) is 12.0. The van der Waals surface area contributed by atoms with Gasteiger partial charge in [0.2, 0.25) is 0 Å². The lowest BCUT2D eigenvalue weighted by atomic mass is 10.1. The fourth-order valence-corrected chi connectivity index (χ4v) is 2.60. The van der Waals surface area contributed by atoms with Gasteiger partial charge in [-0.1, -0.05) is 12.1 Å². The number of aromatic nitrogens is 2. The van der Waals surface area contributed by atoms with Gasteiger partial charge in [-0.3, -0.25) is 4.79 Å². The zero-order valence-corrected chi connectivity index (χ0v) is 13.7. The maximum absolute atomic E-state index is 13.0. The van der Waals surface area contributed by atoms with E-state index in [0.717, 1.165) is 18.9 Å². The molecule has 2 aromatic rings. The standard InChI is InChI=1S/C17H17F3N4O2/c18-17(19,20)12-5-1-2-6-13(12)22-15-8-7-14(23-24-15)16(25)21-10-11-4-3-9-26-11/h1-2,5-8,11H,3-4,9-10H2,(H,21,25)(H,22,24). The van der Waals surface area contributed by atoms with Gasteiger partial charge in [0.1, 0.15) is 0 Å². The molecule has 2 heterocycles. The average Bonchev–Trinajstić information content (AvgIpc) is 3.13. The molecule has 3 rings (SSSR count). The maximum Gasteiger partial charge on any atom is 0.418 e. The highest BCUT2D eigenvalue weighted by atomic mass is 19.4. The number of nitrogens with zero attached hydrogens (tertiary/aromatic N) is 2. The summed E-state index contributed by atoms with van der Waals surface area (Å²) in [6.45, 7) is 1.08. The highest BCUT2D eigenvalue weighted by Crippen LogP contribution is 2.35. The summed E-state index contributed by atoms with van der Waals surface area (Å²) < 4.78 is 44.4. The highest BCUT2D eigenvalue weighted by Gasteiger charge is 2.33. The van der Waals surface area contributed by atoms with Crippen LogP contribution in [0.3, 0.4) is 0 Å². The van der Waals surface area contributed by atoms with Crippen LogP contribution < -0.4 is 10.6 Å². The van der Waals surface area contributed by atoms with Crippen LogP contribution in [0, 0.1) is 0 Å². The number of anilines is 2. The van der Waals surface area contributed by atoms with Crippen molar-refractivity contribution in [2.24, 2.45) is 0 Å². The number of rotatable bonds is 5. The first-order valence-electron chi connectivity index (χ1n) is 8.10. The molecule has 1 fully saturated rings. The van der Waals surface area contributed by atoms with E-state index in [9.17, 15) is 18.0 Å². The molecule has 1 unspecified atom stereocenters. The van der Waals surface area contributed by atoms with E-state index in [1.165, 1.54) is 30.3 Å². The summed E-state index contributed by atoms with van der Waals surface area (Å²) >= 11 is 0. The Balaban J connectivity index is 1.64. The van der Waals surface area contributed by atoms with Gasteiger partial charge < -0.3 is 15.4 Å². The predicted molar refractivity (Wildman–Crippen MR) is 88.1 cm³/mol. The minimum atomic E-state index is -4.49. The number of alkyl halides is 3. The number of hydrogen-bond donors (Lipinski definition) is 2. The Labute approximate surface area is 147 Å². The van der Waals surface area contributed by atoms with Gasteiger partial charge in [0, 0.05) is 13.2 Å². The number of carbonyl (C=O) groups is 1. The topological polar surface area (TPSA) is 76.1 Å². The van der Waals surface area contributed by atoms with Crippen molar-refractivity contribution in [3.05, 3.63) is 47.7 Å². The summed E-state index contributed by atoms with van der Waals surface area (Å²) in [6.07, 6.45) is -2.61. The monoisotopic (exact) mass is 366 g/mol. The van der Waals surface area contributed by atoms with Gasteiger partial charge in [-0.15, -0.1) is 10.2 Å². The van der Waals surface area contributed by atoms with Crippen LogP contribution in [0.2, 0.25) is 0 Å². The zero-order valence-electron chi connectivity index (χ0n) is 13.7. The molecule has 1 amide bonds. The minimum absolute atomic E-state index is 0.00622. The number of nitrogens with one attached hydrogen (secondary N) is 2. The van der Waals surface area contributed by atoms with Gasteiger partial charge >= 0.3 is 6.18 Å². The molecule has 0 spiro atoms. The van der Waals surface area contributed by atoms with E-state index in [-0.39, 0.29) is 23.3 Å². The molecule has 2 N–H and O–H groups in total. The quantitative estimate of drug-likeness (QED) is 0.850. The van der Waals surface area contributed by atoms with Crippen LogP contribution in [0.25, 0.3) is 0 Å². The Bertz CT molecular complexity index is 759. The van der Waals surface area contributed by atoms with Crippen LogP contribution >= 0.6 is 0 Å². The van der Waals surface area contributed by atoms with Crippen molar-refractivity contribution in [1.29, 1.82) is 0 Å². The molecule has 1 atom stereocenters. The molecule has 1 aliphatic heterocycles.